The quantitative estimate of drug-likeness (QED) is 0.530. The van der Waals surface area contributed by atoms with Crippen LogP contribution in [0.1, 0.15) is 19.4 Å². The van der Waals surface area contributed by atoms with Crippen molar-refractivity contribution >= 4 is 17.3 Å². The predicted molar refractivity (Wildman–Crippen MR) is 101 cm³/mol. The Hall–Kier alpha value is -3.29. The summed E-state index contributed by atoms with van der Waals surface area (Å²) in [6.07, 6.45) is 0. The molecule has 144 valence electrons. The molecule has 27 heavy (non-hydrogen) atoms. The van der Waals surface area contributed by atoms with Crippen molar-refractivity contribution in [2.75, 3.05) is 25.1 Å². The van der Waals surface area contributed by atoms with E-state index >= 15 is 0 Å². The van der Waals surface area contributed by atoms with E-state index in [0.29, 0.717) is 30.4 Å². The number of carbonyl (C=O) groups is 1. The van der Waals surface area contributed by atoms with Crippen LogP contribution in [0.25, 0.3) is 0 Å². The van der Waals surface area contributed by atoms with E-state index in [-0.39, 0.29) is 18.0 Å². The number of nitrogens with zero attached hydrogens (tertiary/aromatic N) is 1. The molecule has 1 N–H and O–H groups in total. The highest BCUT2D eigenvalue weighted by Gasteiger charge is 2.17. The monoisotopic (exact) mass is 374 g/mol. The van der Waals surface area contributed by atoms with Gasteiger partial charge in [-0.3, -0.25) is 14.9 Å². The minimum absolute atomic E-state index is 0.0447. The number of amides is 1. The molecular weight excluding hydrogens is 352 g/mol. The Balaban J connectivity index is 2.11. The van der Waals surface area contributed by atoms with Crippen molar-refractivity contribution in [2.24, 2.45) is 0 Å². The third-order valence-corrected chi connectivity index (χ3v) is 3.51. The third kappa shape index (κ3) is 5.60. The molecule has 0 saturated heterocycles. The first-order valence-electron chi connectivity index (χ1n) is 8.52. The van der Waals surface area contributed by atoms with E-state index in [1.807, 2.05) is 13.8 Å². The van der Waals surface area contributed by atoms with Crippen LogP contribution in [0.15, 0.2) is 36.4 Å². The topological polar surface area (TPSA) is 99.9 Å². The van der Waals surface area contributed by atoms with Crippen LogP contribution in [0.5, 0.6) is 17.2 Å². The van der Waals surface area contributed by atoms with E-state index in [4.69, 9.17) is 14.2 Å². The van der Waals surface area contributed by atoms with Gasteiger partial charge < -0.3 is 19.5 Å². The lowest BCUT2D eigenvalue weighted by atomic mass is 10.2. The molecule has 2 rings (SSSR count). The molecule has 0 spiro atoms. The average Bonchev–Trinajstić information content (AvgIpc) is 2.62. The first kappa shape index (κ1) is 20.0. The molecule has 8 nitrogen and oxygen atoms in total. The number of carbonyl (C=O) groups excluding carboxylic acids is 1. The molecular formula is C19H22N2O6. The number of hydrogen-bond acceptors (Lipinski definition) is 6. The van der Waals surface area contributed by atoms with E-state index in [0.717, 1.165) is 5.56 Å². The molecule has 0 aliphatic heterocycles. The van der Waals surface area contributed by atoms with Gasteiger partial charge in [0.2, 0.25) is 0 Å². The summed E-state index contributed by atoms with van der Waals surface area (Å²) in [6.45, 7) is 6.02. The van der Waals surface area contributed by atoms with Gasteiger partial charge >= 0.3 is 5.69 Å². The maximum Gasteiger partial charge on any atom is 0.310 e. The second-order valence-electron chi connectivity index (χ2n) is 5.59. The van der Waals surface area contributed by atoms with E-state index in [2.05, 4.69) is 5.32 Å². The van der Waals surface area contributed by atoms with Gasteiger partial charge in [0.05, 0.1) is 23.8 Å². The number of nitro groups is 1. The van der Waals surface area contributed by atoms with Gasteiger partial charge in [0.15, 0.2) is 12.4 Å². The largest absolute Gasteiger partial charge is 0.494 e. The summed E-state index contributed by atoms with van der Waals surface area (Å²) in [7, 11) is 0. The van der Waals surface area contributed by atoms with Crippen LogP contribution in [0, 0.1) is 17.0 Å². The van der Waals surface area contributed by atoms with Gasteiger partial charge in [-0.05, 0) is 44.5 Å². The van der Waals surface area contributed by atoms with Crippen molar-refractivity contribution in [3.63, 3.8) is 0 Å². The Morgan fingerprint density at radius 1 is 1.04 bits per heavy atom. The van der Waals surface area contributed by atoms with E-state index in [1.54, 1.807) is 31.2 Å². The normalized spacial score (nSPS) is 10.2. The fourth-order valence-electron chi connectivity index (χ4n) is 2.36. The van der Waals surface area contributed by atoms with Gasteiger partial charge in [-0.15, -0.1) is 0 Å². The molecule has 0 unspecified atom stereocenters. The van der Waals surface area contributed by atoms with E-state index in [9.17, 15) is 14.9 Å². The zero-order valence-corrected chi connectivity index (χ0v) is 15.5. The zero-order chi connectivity index (χ0) is 19.8. The molecule has 8 heteroatoms. The fourth-order valence-corrected chi connectivity index (χ4v) is 2.36. The molecule has 0 saturated carbocycles. The molecule has 0 aromatic heterocycles. The molecule has 0 bridgehead atoms. The van der Waals surface area contributed by atoms with Gasteiger partial charge in [0.1, 0.15) is 11.5 Å². The summed E-state index contributed by atoms with van der Waals surface area (Å²) in [5.74, 6) is 0.658. The van der Waals surface area contributed by atoms with Crippen LogP contribution >= 0.6 is 0 Å². The summed E-state index contributed by atoms with van der Waals surface area (Å²) in [5, 5.41) is 13.8. The first-order chi connectivity index (χ1) is 12.9. The second-order valence-corrected chi connectivity index (χ2v) is 5.59. The number of benzene rings is 2. The van der Waals surface area contributed by atoms with Gasteiger partial charge in [-0.2, -0.15) is 0 Å². The summed E-state index contributed by atoms with van der Waals surface area (Å²) >= 11 is 0. The Bertz CT molecular complexity index is 822. The Kier molecular flexibility index (Phi) is 6.99. The molecule has 0 atom stereocenters. The van der Waals surface area contributed by atoms with Gasteiger partial charge in [-0.1, -0.05) is 6.07 Å². The minimum atomic E-state index is -0.550. The third-order valence-electron chi connectivity index (χ3n) is 3.51. The molecule has 0 aliphatic rings. The lowest BCUT2D eigenvalue weighted by Crippen LogP contribution is -2.21. The lowest BCUT2D eigenvalue weighted by Gasteiger charge is -2.14. The SMILES string of the molecule is CCOc1ccc(OCC)c(NC(=O)COc2cc(C)ccc2[N+](=O)[O-])c1. The fraction of sp³-hybridized carbons (Fsp3) is 0.316. The minimum Gasteiger partial charge on any atom is -0.494 e. The summed E-state index contributed by atoms with van der Waals surface area (Å²) in [5.41, 5.74) is 1.04. The van der Waals surface area contributed by atoms with Crippen LogP contribution in [0.4, 0.5) is 11.4 Å². The molecule has 0 aliphatic carbocycles. The molecule has 1 amide bonds. The van der Waals surface area contributed by atoms with Gasteiger partial charge in [0.25, 0.3) is 5.91 Å². The summed E-state index contributed by atoms with van der Waals surface area (Å²) in [4.78, 5) is 22.8. The molecule has 0 heterocycles. The maximum atomic E-state index is 12.3. The number of hydrogen-bond donors (Lipinski definition) is 1. The number of anilines is 1. The Morgan fingerprint density at radius 3 is 2.44 bits per heavy atom. The van der Waals surface area contributed by atoms with Crippen LogP contribution in [0.2, 0.25) is 0 Å². The van der Waals surface area contributed by atoms with Crippen molar-refractivity contribution in [2.45, 2.75) is 20.8 Å². The van der Waals surface area contributed by atoms with Gasteiger partial charge in [-0.25, -0.2) is 0 Å². The van der Waals surface area contributed by atoms with Crippen molar-refractivity contribution in [3.05, 3.63) is 52.1 Å². The van der Waals surface area contributed by atoms with Crippen molar-refractivity contribution < 1.29 is 23.9 Å². The number of aryl methyl sites for hydroxylation is 1. The molecule has 2 aromatic carbocycles. The summed E-state index contributed by atoms with van der Waals surface area (Å²) < 4.78 is 16.3. The van der Waals surface area contributed by atoms with Crippen molar-refractivity contribution in [1.82, 2.24) is 0 Å². The van der Waals surface area contributed by atoms with Crippen LogP contribution < -0.4 is 19.5 Å². The van der Waals surface area contributed by atoms with Crippen LogP contribution in [0.3, 0.4) is 0 Å². The first-order valence-corrected chi connectivity index (χ1v) is 8.52. The highest BCUT2D eigenvalue weighted by atomic mass is 16.6. The van der Waals surface area contributed by atoms with Gasteiger partial charge in [0, 0.05) is 12.1 Å². The number of rotatable bonds is 9. The molecule has 0 radical (unpaired) electrons. The van der Waals surface area contributed by atoms with E-state index < -0.39 is 10.8 Å². The zero-order valence-electron chi connectivity index (χ0n) is 15.5. The number of ether oxygens (including phenoxy) is 3. The summed E-state index contributed by atoms with van der Waals surface area (Å²) in [6, 6.07) is 9.58. The average molecular weight is 374 g/mol. The smallest absolute Gasteiger partial charge is 0.310 e. The van der Waals surface area contributed by atoms with Crippen LogP contribution in [-0.2, 0) is 4.79 Å². The number of nitro benzene ring substituents is 1. The maximum absolute atomic E-state index is 12.3. The highest BCUT2D eigenvalue weighted by Crippen LogP contribution is 2.30. The predicted octanol–water partition coefficient (Wildman–Crippen LogP) is 3.72. The van der Waals surface area contributed by atoms with Crippen LogP contribution in [-0.4, -0.2) is 30.7 Å². The van der Waals surface area contributed by atoms with Crippen molar-refractivity contribution in [3.8, 4) is 17.2 Å². The Labute approximate surface area is 157 Å². The van der Waals surface area contributed by atoms with E-state index in [1.165, 1.54) is 12.1 Å². The van der Waals surface area contributed by atoms with Crippen molar-refractivity contribution in [1.29, 1.82) is 0 Å². The second kappa shape index (κ2) is 9.42. The highest BCUT2D eigenvalue weighted by molar-refractivity contribution is 5.93. The molecule has 2 aromatic rings. The standard InChI is InChI=1S/C19H22N2O6/c1-4-25-14-7-9-17(26-5-2)15(11-14)20-19(22)12-27-18-10-13(3)6-8-16(18)21(23)24/h6-11H,4-5,12H2,1-3H3,(H,20,22). The molecule has 0 fully saturated rings. The lowest BCUT2D eigenvalue weighted by molar-refractivity contribution is -0.385. The number of nitrogens with one attached hydrogen (secondary N) is 1. The Morgan fingerprint density at radius 2 is 1.78 bits per heavy atom.